The molecule has 1 saturated heterocycles. The smallest absolute Gasteiger partial charge is 0.137 e. The van der Waals surface area contributed by atoms with Crippen molar-refractivity contribution in [3.8, 4) is 6.07 Å². The number of hydrogen-bond donors (Lipinski definition) is 0. The van der Waals surface area contributed by atoms with E-state index in [1.807, 2.05) is 28.9 Å². The first kappa shape index (κ1) is 16.8. The topological polar surface area (TPSA) is 47.6 Å². The van der Waals surface area contributed by atoms with Crippen molar-refractivity contribution >= 4 is 22.9 Å². The maximum atomic E-state index is 13.3. The van der Waals surface area contributed by atoms with Crippen LogP contribution < -0.4 is 4.90 Å². The van der Waals surface area contributed by atoms with Crippen molar-refractivity contribution in [3.05, 3.63) is 64.8 Å². The Balaban J connectivity index is 1.42. The molecule has 0 spiro atoms. The number of fused-ring (bicyclic) bond motifs is 1. The molecule has 4 rings (SSSR count). The summed E-state index contributed by atoms with van der Waals surface area (Å²) in [6, 6.07) is 10.2. The molecular formula is C19H17ClFN5. The summed E-state index contributed by atoms with van der Waals surface area (Å²) in [5.41, 5.74) is 3.07. The van der Waals surface area contributed by atoms with Crippen molar-refractivity contribution in [3.63, 3.8) is 0 Å². The van der Waals surface area contributed by atoms with Crippen LogP contribution in [0.2, 0.25) is 5.02 Å². The van der Waals surface area contributed by atoms with E-state index in [9.17, 15) is 9.65 Å². The summed E-state index contributed by atoms with van der Waals surface area (Å²) < 4.78 is 15.3. The fraction of sp³-hybridized carbons (Fsp3) is 0.263. The third kappa shape index (κ3) is 3.36. The Labute approximate surface area is 155 Å². The van der Waals surface area contributed by atoms with Crippen molar-refractivity contribution in [1.29, 1.82) is 5.26 Å². The van der Waals surface area contributed by atoms with Gasteiger partial charge in [0.2, 0.25) is 0 Å². The number of hydrogen-bond acceptors (Lipinski definition) is 4. The van der Waals surface area contributed by atoms with Crippen molar-refractivity contribution in [2.24, 2.45) is 0 Å². The number of pyridine rings is 1. The van der Waals surface area contributed by atoms with Crippen molar-refractivity contribution in [2.45, 2.75) is 6.54 Å². The quantitative estimate of drug-likeness (QED) is 0.710. The van der Waals surface area contributed by atoms with E-state index in [4.69, 9.17) is 11.6 Å². The van der Waals surface area contributed by atoms with E-state index in [0.29, 0.717) is 10.6 Å². The zero-order valence-corrected chi connectivity index (χ0v) is 14.8. The number of nitriles is 1. The molecular weight excluding hydrogens is 353 g/mol. The molecule has 0 N–H and O–H groups in total. The molecule has 0 bridgehead atoms. The standard InChI is InChI=1S/C19H17ClFN5/c20-15-1-4-19-23-17(13-26(19)11-15)12-24-5-7-25(8-6-24)18-3-2-16(21)9-14(18)10-22/h1-4,9,11,13H,5-8,12H2. The van der Waals surface area contributed by atoms with Crippen LogP contribution in [0.1, 0.15) is 11.3 Å². The summed E-state index contributed by atoms with van der Waals surface area (Å²) in [7, 11) is 0. The fourth-order valence-corrected chi connectivity index (χ4v) is 3.51. The van der Waals surface area contributed by atoms with Gasteiger partial charge in [0.05, 0.1) is 22.0 Å². The largest absolute Gasteiger partial charge is 0.368 e. The molecule has 0 aliphatic carbocycles. The van der Waals surface area contributed by atoms with Crippen molar-refractivity contribution in [2.75, 3.05) is 31.1 Å². The van der Waals surface area contributed by atoms with Gasteiger partial charge < -0.3 is 9.30 Å². The molecule has 0 saturated carbocycles. The van der Waals surface area contributed by atoms with Crippen LogP contribution in [0.5, 0.6) is 0 Å². The Kier molecular flexibility index (Phi) is 4.49. The average molecular weight is 370 g/mol. The fourth-order valence-electron chi connectivity index (χ4n) is 3.34. The number of piperazine rings is 1. The maximum absolute atomic E-state index is 13.3. The molecule has 5 nitrogen and oxygen atoms in total. The summed E-state index contributed by atoms with van der Waals surface area (Å²) in [6.45, 7) is 4.06. The minimum atomic E-state index is -0.379. The first-order valence-corrected chi connectivity index (χ1v) is 8.80. The number of nitrogens with zero attached hydrogens (tertiary/aromatic N) is 5. The molecule has 3 aromatic rings. The summed E-state index contributed by atoms with van der Waals surface area (Å²) in [4.78, 5) is 9.09. The molecule has 132 valence electrons. The molecule has 2 aromatic heterocycles. The third-order valence-electron chi connectivity index (χ3n) is 4.64. The van der Waals surface area contributed by atoms with E-state index in [1.54, 1.807) is 6.07 Å². The van der Waals surface area contributed by atoms with Gasteiger partial charge in [-0.25, -0.2) is 9.37 Å². The SMILES string of the molecule is N#Cc1cc(F)ccc1N1CCN(Cc2cn3cc(Cl)ccc3n2)CC1. The lowest BCUT2D eigenvalue weighted by molar-refractivity contribution is 0.247. The zero-order valence-electron chi connectivity index (χ0n) is 14.1. The monoisotopic (exact) mass is 369 g/mol. The molecule has 0 radical (unpaired) electrons. The van der Waals surface area contributed by atoms with Crippen LogP contribution in [0, 0.1) is 17.1 Å². The van der Waals surface area contributed by atoms with E-state index in [-0.39, 0.29) is 5.82 Å². The first-order valence-electron chi connectivity index (χ1n) is 8.42. The number of anilines is 1. The molecule has 1 aromatic carbocycles. The van der Waals surface area contributed by atoms with Crippen LogP contribution >= 0.6 is 11.6 Å². The lowest BCUT2D eigenvalue weighted by Gasteiger charge is -2.36. The molecule has 1 fully saturated rings. The van der Waals surface area contributed by atoms with Gasteiger partial charge >= 0.3 is 0 Å². The highest BCUT2D eigenvalue weighted by atomic mass is 35.5. The average Bonchev–Trinajstić information content (AvgIpc) is 3.03. The highest BCUT2D eigenvalue weighted by Crippen LogP contribution is 2.23. The van der Waals surface area contributed by atoms with Gasteiger partial charge in [0.1, 0.15) is 17.5 Å². The lowest BCUT2D eigenvalue weighted by Crippen LogP contribution is -2.46. The van der Waals surface area contributed by atoms with E-state index in [0.717, 1.165) is 49.8 Å². The van der Waals surface area contributed by atoms with Gasteiger partial charge in [0.25, 0.3) is 0 Å². The van der Waals surface area contributed by atoms with Gasteiger partial charge in [0, 0.05) is 45.1 Å². The molecule has 0 unspecified atom stereocenters. The van der Waals surface area contributed by atoms with Crippen LogP contribution in [-0.2, 0) is 6.54 Å². The van der Waals surface area contributed by atoms with E-state index in [1.165, 1.54) is 12.1 Å². The van der Waals surface area contributed by atoms with Crippen molar-refractivity contribution < 1.29 is 4.39 Å². The van der Waals surface area contributed by atoms with Crippen LogP contribution in [0.25, 0.3) is 5.65 Å². The normalized spacial score (nSPS) is 15.3. The summed E-state index contributed by atoms with van der Waals surface area (Å²) in [5.74, 6) is -0.379. The third-order valence-corrected chi connectivity index (χ3v) is 4.87. The van der Waals surface area contributed by atoms with Crippen LogP contribution in [-0.4, -0.2) is 40.5 Å². The molecule has 0 atom stereocenters. The van der Waals surface area contributed by atoms with E-state index >= 15 is 0 Å². The summed E-state index contributed by atoms with van der Waals surface area (Å²) >= 11 is 6.02. The number of halogens is 2. The van der Waals surface area contributed by atoms with Crippen LogP contribution in [0.4, 0.5) is 10.1 Å². The second-order valence-corrected chi connectivity index (χ2v) is 6.82. The van der Waals surface area contributed by atoms with Gasteiger partial charge in [-0.3, -0.25) is 4.90 Å². The lowest BCUT2D eigenvalue weighted by atomic mass is 10.1. The minimum absolute atomic E-state index is 0.379. The highest BCUT2D eigenvalue weighted by Gasteiger charge is 2.20. The zero-order chi connectivity index (χ0) is 18.1. The highest BCUT2D eigenvalue weighted by molar-refractivity contribution is 6.30. The van der Waals surface area contributed by atoms with Gasteiger partial charge in [-0.05, 0) is 30.3 Å². The second kappa shape index (κ2) is 6.94. The molecule has 26 heavy (non-hydrogen) atoms. The Morgan fingerprint density at radius 1 is 1.12 bits per heavy atom. The number of imidazole rings is 1. The molecule has 0 amide bonds. The number of benzene rings is 1. The van der Waals surface area contributed by atoms with Gasteiger partial charge in [-0.15, -0.1) is 0 Å². The van der Waals surface area contributed by atoms with Crippen LogP contribution in [0.15, 0.2) is 42.7 Å². The predicted octanol–water partition coefficient (Wildman–Crippen LogP) is 3.32. The number of rotatable bonds is 3. The van der Waals surface area contributed by atoms with Crippen LogP contribution in [0.3, 0.4) is 0 Å². The van der Waals surface area contributed by atoms with Gasteiger partial charge in [-0.2, -0.15) is 5.26 Å². The molecule has 7 heteroatoms. The molecule has 1 aliphatic heterocycles. The van der Waals surface area contributed by atoms with Gasteiger partial charge in [-0.1, -0.05) is 11.6 Å². The maximum Gasteiger partial charge on any atom is 0.137 e. The van der Waals surface area contributed by atoms with Crippen molar-refractivity contribution in [1.82, 2.24) is 14.3 Å². The minimum Gasteiger partial charge on any atom is -0.368 e. The molecule has 1 aliphatic rings. The Morgan fingerprint density at radius 3 is 2.69 bits per heavy atom. The van der Waals surface area contributed by atoms with E-state index < -0.39 is 0 Å². The summed E-state index contributed by atoms with van der Waals surface area (Å²) in [6.07, 6.45) is 3.85. The predicted molar refractivity (Wildman–Crippen MR) is 98.8 cm³/mol. The Bertz CT molecular complexity index is 985. The molecule has 3 heterocycles. The summed E-state index contributed by atoms with van der Waals surface area (Å²) in [5, 5.41) is 9.92. The number of aromatic nitrogens is 2. The van der Waals surface area contributed by atoms with E-state index in [2.05, 4.69) is 20.9 Å². The first-order chi connectivity index (χ1) is 12.6. The van der Waals surface area contributed by atoms with Gasteiger partial charge in [0.15, 0.2) is 0 Å². The second-order valence-electron chi connectivity index (χ2n) is 6.38. The Morgan fingerprint density at radius 2 is 1.92 bits per heavy atom. The Hall–Kier alpha value is -2.62.